The number of carbonyl (C=O) groups is 8. The summed E-state index contributed by atoms with van der Waals surface area (Å²) >= 11 is 0.558. The van der Waals surface area contributed by atoms with E-state index in [1.54, 1.807) is 70.2 Å². The van der Waals surface area contributed by atoms with Crippen LogP contribution in [0.15, 0.2) is 53.8 Å². The lowest BCUT2D eigenvalue weighted by Crippen LogP contribution is -2.53. The number of rotatable bonds is 45. The third kappa shape index (κ3) is 30.3. The highest BCUT2D eigenvalue weighted by Crippen LogP contribution is 2.27. The molecule has 0 saturated carbocycles. The van der Waals surface area contributed by atoms with Gasteiger partial charge in [0, 0.05) is 140 Å². The van der Waals surface area contributed by atoms with E-state index in [-0.39, 0.29) is 140 Å². The fraction of sp³-hybridized carbons (Fsp3) is 0.586. The number of aryl methyl sites for hydroxylation is 3. The van der Waals surface area contributed by atoms with Gasteiger partial charge in [-0.15, -0.1) is 4.33 Å². The quantitative estimate of drug-likeness (QED) is 0.0113. The molecule has 35 nitrogen and oxygen atoms in total. The predicted octanol–water partition coefficient (Wildman–Crippen LogP) is -0.709. The lowest BCUT2D eigenvalue weighted by Gasteiger charge is -2.33. The van der Waals surface area contributed by atoms with E-state index >= 15 is 0 Å². The van der Waals surface area contributed by atoms with Gasteiger partial charge in [-0.2, -0.15) is 9.82 Å². The van der Waals surface area contributed by atoms with Crippen molar-refractivity contribution in [1.29, 1.82) is 0 Å². The van der Waals surface area contributed by atoms with Crippen molar-refractivity contribution in [3.05, 3.63) is 65.6 Å². The van der Waals surface area contributed by atoms with Crippen LogP contribution in [0, 0.1) is 13.8 Å². The van der Waals surface area contributed by atoms with Gasteiger partial charge in [-0.25, -0.2) is 18.7 Å². The highest BCUT2D eigenvalue weighted by Gasteiger charge is 2.30. The average Bonchev–Trinajstić information content (AvgIpc) is 1.32. The Kier molecular flexibility index (Phi) is 35.1. The van der Waals surface area contributed by atoms with E-state index < -0.39 is 70.3 Å². The number of hydrogen-bond donors (Lipinski definition) is 12. The molecule has 4 amide bonds. The van der Waals surface area contributed by atoms with Gasteiger partial charge in [0.15, 0.2) is 5.95 Å². The number of aromatic amines is 1. The van der Waals surface area contributed by atoms with Gasteiger partial charge in [0.2, 0.25) is 27.7 Å². The number of carboxylic acid groups (broad SMARTS) is 4. The highest BCUT2D eigenvalue weighted by molar-refractivity contribution is 7.94. The largest absolute Gasteiger partial charge is 0.494 e. The summed E-state index contributed by atoms with van der Waals surface area (Å²) in [5.41, 5.74) is 1.62. The summed E-state index contributed by atoms with van der Waals surface area (Å²) in [4.78, 5) is 113. The first-order valence-electron chi connectivity index (χ1n) is 30.8. The molecule has 2 aromatic carbocycles. The average molecular weight is 1380 g/mol. The van der Waals surface area contributed by atoms with Crippen molar-refractivity contribution in [2.75, 3.05) is 162 Å². The number of nitrogens with one attached hydrogen (secondary N) is 7. The van der Waals surface area contributed by atoms with Crippen molar-refractivity contribution in [3.8, 4) is 5.75 Å². The van der Waals surface area contributed by atoms with E-state index in [0.29, 0.717) is 99.0 Å². The van der Waals surface area contributed by atoms with Gasteiger partial charge in [0.05, 0.1) is 81.6 Å². The number of fused-ring (bicyclic) bond motifs is 1. The molecule has 4 aromatic rings. The normalized spacial score (nSPS) is 14.6. The lowest BCUT2D eigenvalue weighted by atomic mass is 10.1. The van der Waals surface area contributed by atoms with E-state index in [2.05, 4.69) is 55.7 Å². The maximum absolute atomic E-state index is 13.6. The molecule has 3 heterocycles. The number of ether oxygens (including phenoxy) is 4. The number of carbonyl (C=O) groups excluding carboxylic acids is 4. The molecule has 95 heavy (non-hydrogen) atoms. The van der Waals surface area contributed by atoms with Gasteiger partial charge in [-0.1, -0.05) is 5.04 Å². The maximum atomic E-state index is 13.6. The van der Waals surface area contributed by atoms with Crippen LogP contribution in [-0.2, 0) is 73.7 Å². The zero-order valence-corrected chi connectivity index (χ0v) is 54.8. The van der Waals surface area contributed by atoms with Crippen LogP contribution in [0.4, 0.5) is 5.95 Å². The van der Waals surface area contributed by atoms with Crippen molar-refractivity contribution >= 4 is 86.4 Å². The van der Waals surface area contributed by atoms with Crippen LogP contribution in [0.2, 0.25) is 0 Å². The molecule has 1 aliphatic heterocycles. The van der Waals surface area contributed by atoms with E-state index in [9.17, 15) is 67.2 Å². The molecule has 1 unspecified atom stereocenters. The molecule has 2 atom stereocenters. The maximum Gasteiger partial charge on any atom is 0.323 e. The number of aromatic nitrogens is 4. The Balaban J connectivity index is 0.896. The van der Waals surface area contributed by atoms with Crippen molar-refractivity contribution in [2.24, 2.45) is 0 Å². The number of nitrogens with zero attached hydrogens (tertiary/aromatic N) is 7. The van der Waals surface area contributed by atoms with Gasteiger partial charge in [0.25, 0.3) is 5.91 Å². The zero-order valence-electron chi connectivity index (χ0n) is 53.2. The number of sulfonamides is 1. The minimum absolute atomic E-state index is 0.138. The molecule has 1 fully saturated rings. The molecule has 1 aliphatic rings. The van der Waals surface area contributed by atoms with Crippen molar-refractivity contribution in [2.45, 2.75) is 69.5 Å². The fourth-order valence-electron chi connectivity index (χ4n) is 9.84. The van der Waals surface area contributed by atoms with Crippen LogP contribution in [0.3, 0.4) is 0 Å². The Morgan fingerprint density at radius 1 is 0.663 bits per heavy atom. The second-order valence-electron chi connectivity index (χ2n) is 21.9. The summed E-state index contributed by atoms with van der Waals surface area (Å²) in [7, 11) is -4.40. The topological polar surface area (TPSA) is 459 Å². The first kappa shape index (κ1) is 78.0. The monoisotopic (exact) mass is 1380 g/mol. The Hall–Kier alpha value is -7.66. The highest BCUT2D eigenvalue weighted by atomic mass is 32.2. The number of carboxylic acids is 4. The van der Waals surface area contributed by atoms with Crippen LogP contribution in [-0.4, -0.2) is 290 Å². The summed E-state index contributed by atoms with van der Waals surface area (Å²) in [5, 5.41) is 69.7. The number of anilines is 1. The molecule has 0 bridgehead atoms. The lowest BCUT2D eigenvalue weighted by molar-refractivity contribution is -0.432. The van der Waals surface area contributed by atoms with Crippen LogP contribution >= 0.6 is 12.0 Å². The summed E-state index contributed by atoms with van der Waals surface area (Å²) in [6.07, 6.45) is 7.23. The fourth-order valence-corrected chi connectivity index (χ4v) is 11.9. The molecule has 37 heteroatoms. The first-order valence-corrected chi connectivity index (χ1v) is 33.2. The van der Waals surface area contributed by atoms with E-state index in [1.807, 2.05) is 4.68 Å². The van der Waals surface area contributed by atoms with Crippen molar-refractivity contribution in [3.63, 3.8) is 0 Å². The van der Waals surface area contributed by atoms with E-state index in [1.165, 1.54) is 12.1 Å². The molecular weight excluding hydrogens is 1290 g/mol. The molecule has 12 N–H and O–H groups in total. The first-order chi connectivity index (χ1) is 45.6. The summed E-state index contributed by atoms with van der Waals surface area (Å²) in [6, 6.07) is 5.11. The SMILES string of the molecule is Cc1cc(OCCCC(=O)NCCCOCCOCCOCCCNC(=O)[C@@H](CSOOO)NC(=O)CN2CCN(CC(=O)O)CCN(CC(=O)O)CCN(CC(=O)O)CC2)cc(C)c1S(=O)(=O)NC(CNC(=O)c1ccc2c(cnn2CCCNc2ncc[nH]2)c1)C(=O)O. The molecule has 5 rings (SSSR count). The molecule has 528 valence electrons. The van der Waals surface area contributed by atoms with Crippen LogP contribution in [0.1, 0.15) is 53.6 Å². The van der Waals surface area contributed by atoms with E-state index in [4.69, 9.17) is 24.2 Å². The Bertz CT molecular complexity index is 3130. The van der Waals surface area contributed by atoms with Gasteiger partial charge >= 0.3 is 23.9 Å². The number of hydrogen-bond acceptors (Lipinski definition) is 25. The van der Waals surface area contributed by atoms with Crippen LogP contribution in [0.25, 0.3) is 10.9 Å². The number of amides is 4. The van der Waals surface area contributed by atoms with Crippen molar-refractivity contribution in [1.82, 2.24) is 65.3 Å². The molecule has 0 radical (unpaired) electrons. The summed E-state index contributed by atoms with van der Waals surface area (Å²) in [5.74, 6) is -5.85. The zero-order chi connectivity index (χ0) is 69.0. The smallest absolute Gasteiger partial charge is 0.323 e. The number of benzene rings is 2. The van der Waals surface area contributed by atoms with Gasteiger partial charge in [-0.3, -0.25) is 62.6 Å². The van der Waals surface area contributed by atoms with Gasteiger partial charge in [-0.05, 0) is 81.0 Å². The van der Waals surface area contributed by atoms with Gasteiger partial charge < -0.3 is 70.9 Å². The van der Waals surface area contributed by atoms with Crippen LogP contribution < -0.4 is 36.0 Å². The molecule has 0 aliphatic carbocycles. The molecule has 1 saturated heterocycles. The van der Waals surface area contributed by atoms with E-state index in [0.717, 1.165) is 11.9 Å². The summed E-state index contributed by atoms with van der Waals surface area (Å²) < 4.78 is 58.3. The molecule has 2 aromatic heterocycles. The minimum Gasteiger partial charge on any atom is -0.494 e. The second kappa shape index (κ2) is 42.7. The minimum atomic E-state index is -4.40. The molecule has 0 spiro atoms. The third-order valence-corrected chi connectivity index (χ3v) is 16.9. The molecular formula is C58H88N14O21S2. The van der Waals surface area contributed by atoms with Crippen molar-refractivity contribution < 1.29 is 101 Å². The standard InChI is InChI=1S/C58H88N14O21S2/c1-41-31-45(32-42(2)54(41)95(86,87)67-46(57(83)84)35-64-55(81)43-8-9-48-44(33-43)34-65-72(48)15-4-10-61-58-62-13-14-63-58)91-26-3-7-49(73)59-11-5-24-88-27-29-90-30-28-89-25-6-12-60-56(82)47(40-94-93-92-85)66-50(74)36-68-16-18-69(37-51(75)76)20-22-71(39-53(79)80)23-21-70(19-17-68)38-52(77)78/h8-9,13-14,31-34,46-47,67,85H,3-7,10-12,15-30,35-40H2,1-2H3,(H,59,73)(H,60,82)(H,64,81)(H,66,74)(H,75,76)(H,77,78)(H,79,80)(H,83,84)(H2,61,62,63)/t46?,47-/m1/s1. The van der Waals surface area contributed by atoms with Gasteiger partial charge in [0.1, 0.15) is 17.8 Å². The predicted molar refractivity (Wildman–Crippen MR) is 342 cm³/mol. The number of imidazole rings is 1. The Morgan fingerprint density at radius 3 is 1.78 bits per heavy atom. The second-order valence-corrected chi connectivity index (χ2v) is 24.3. The number of H-pyrrole nitrogens is 1. The van der Waals surface area contributed by atoms with Crippen LogP contribution in [0.5, 0.6) is 5.75 Å². The summed E-state index contributed by atoms with van der Waals surface area (Å²) in [6.45, 7) is 6.61. The Labute approximate surface area is 553 Å². The third-order valence-electron chi connectivity index (χ3n) is 14.5. The Morgan fingerprint density at radius 2 is 1.23 bits per heavy atom. The number of aliphatic carboxylic acids is 4.